The molecule has 2 N–H and O–H groups in total. The predicted octanol–water partition coefficient (Wildman–Crippen LogP) is 4.18. The van der Waals surface area contributed by atoms with Gasteiger partial charge in [-0.1, -0.05) is 41.9 Å². The van der Waals surface area contributed by atoms with E-state index in [9.17, 15) is 10.0 Å². The monoisotopic (exact) mass is 304 g/mol. The molecule has 21 heavy (non-hydrogen) atoms. The summed E-state index contributed by atoms with van der Waals surface area (Å²) in [4.78, 5) is 12.1. The van der Waals surface area contributed by atoms with Gasteiger partial charge in [-0.15, -0.1) is 0 Å². The molecule has 4 nitrogen and oxygen atoms in total. The van der Waals surface area contributed by atoms with Crippen molar-refractivity contribution in [2.24, 2.45) is 0 Å². The summed E-state index contributed by atoms with van der Waals surface area (Å²) in [5.74, 6) is 0. The van der Waals surface area contributed by atoms with E-state index in [0.717, 1.165) is 5.56 Å². The van der Waals surface area contributed by atoms with E-state index in [4.69, 9.17) is 11.6 Å². The van der Waals surface area contributed by atoms with Crippen LogP contribution in [0.5, 0.6) is 0 Å². The zero-order valence-electron chi connectivity index (χ0n) is 11.9. The van der Waals surface area contributed by atoms with Gasteiger partial charge in [0, 0.05) is 5.02 Å². The zero-order valence-corrected chi connectivity index (χ0v) is 12.6. The average Bonchev–Trinajstić information content (AvgIpc) is 2.47. The Morgan fingerprint density at radius 3 is 2.43 bits per heavy atom. The first-order chi connectivity index (χ1) is 9.90. The summed E-state index contributed by atoms with van der Waals surface area (Å²) in [5.41, 5.74) is 0.583. The first kappa shape index (κ1) is 15.4. The number of anilines is 1. The van der Waals surface area contributed by atoms with Gasteiger partial charge < -0.3 is 5.32 Å². The van der Waals surface area contributed by atoms with Gasteiger partial charge in [0.05, 0.1) is 11.2 Å². The van der Waals surface area contributed by atoms with Gasteiger partial charge in [-0.3, -0.25) is 5.21 Å². The SMILES string of the molecule is CC(C)(NC(=O)N(O)c1ccccc1)c1cccc(Cl)c1. The van der Waals surface area contributed by atoms with Gasteiger partial charge >= 0.3 is 6.03 Å². The van der Waals surface area contributed by atoms with Crippen molar-refractivity contribution in [3.8, 4) is 0 Å². The minimum atomic E-state index is -0.669. The number of benzene rings is 2. The number of urea groups is 1. The second-order valence-corrected chi connectivity index (χ2v) is 5.65. The Morgan fingerprint density at radius 2 is 1.81 bits per heavy atom. The van der Waals surface area contributed by atoms with Gasteiger partial charge in [0.2, 0.25) is 0 Å². The summed E-state index contributed by atoms with van der Waals surface area (Å²) in [6.07, 6.45) is 0. The molecule has 0 saturated heterocycles. The lowest BCUT2D eigenvalue weighted by Crippen LogP contribution is -2.47. The minimum absolute atomic E-state index is 0.400. The highest BCUT2D eigenvalue weighted by atomic mass is 35.5. The van der Waals surface area contributed by atoms with Gasteiger partial charge in [-0.05, 0) is 43.7 Å². The second-order valence-electron chi connectivity index (χ2n) is 5.21. The van der Waals surface area contributed by atoms with Gasteiger partial charge in [0.25, 0.3) is 0 Å². The van der Waals surface area contributed by atoms with E-state index < -0.39 is 11.6 Å². The number of para-hydroxylation sites is 1. The Morgan fingerprint density at radius 1 is 1.14 bits per heavy atom. The van der Waals surface area contributed by atoms with Crippen LogP contribution in [0.1, 0.15) is 19.4 Å². The van der Waals surface area contributed by atoms with Crippen LogP contribution in [0.4, 0.5) is 10.5 Å². The number of rotatable bonds is 3. The molecule has 2 rings (SSSR count). The maximum absolute atomic E-state index is 12.1. The first-order valence-corrected chi connectivity index (χ1v) is 6.90. The first-order valence-electron chi connectivity index (χ1n) is 6.52. The molecule has 0 aliphatic rings. The largest absolute Gasteiger partial charge is 0.346 e. The average molecular weight is 305 g/mol. The summed E-state index contributed by atoms with van der Waals surface area (Å²) in [7, 11) is 0. The normalized spacial score (nSPS) is 11.0. The lowest BCUT2D eigenvalue weighted by molar-refractivity contribution is 0.195. The van der Waals surface area contributed by atoms with Gasteiger partial charge in [-0.25, -0.2) is 4.79 Å². The van der Waals surface area contributed by atoms with E-state index in [1.54, 1.807) is 36.4 Å². The molecule has 0 aromatic heterocycles. The summed E-state index contributed by atoms with van der Waals surface area (Å²) in [6.45, 7) is 3.69. The smallest absolute Gasteiger partial charge is 0.327 e. The Balaban J connectivity index is 2.14. The number of hydrogen-bond acceptors (Lipinski definition) is 2. The molecule has 0 atom stereocenters. The number of halogens is 1. The van der Waals surface area contributed by atoms with Crippen LogP contribution in [0.2, 0.25) is 5.02 Å². The number of amides is 2. The van der Waals surface area contributed by atoms with Crippen LogP contribution in [0.25, 0.3) is 0 Å². The Hall–Kier alpha value is -2.04. The lowest BCUT2D eigenvalue weighted by atomic mass is 9.94. The second kappa shape index (κ2) is 6.16. The quantitative estimate of drug-likeness (QED) is 0.660. The molecule has 0 aliphatic carbocycles. The van der Waals surface area contributed by atoms with Crippen molar-refractivity contribution in [3.05, 3.63) is 65.2 Å². The third-order valence-corrected chi connectivity index (χ3v) is 3.39. The highest BCUT2D eigenvalue weighted by molar-refractivity contribution is 6.30. The fourth-order valence-corrected chi connectivity index (χ4v) is 2.15. The van der Waals surface area contributed by atoms with E-state index in [0.29, 0.717) is 15.8 Å². The summed E-state index contributed by atoms with van der Waals surface area (Å²) < 4.78 is 0. The molecule has 0 aliphatic heterocycles. The molecule has 110 valence electrons. The fourth-order valence-electron chi connectivity index (χ4n) is 1.96. The minimum Gasteiger partial charge on any atom is -0.327 e. The number of nitrogens with one attached hydrogen (secondary N) is 1. The molecule has 0 saturated carbocycles. The summed E-state index contributed by atoms with van der Waals surface area (Å²) >= 11 is 5.97. The van der Waals surface area contributed by atoms with Gasteiger partial charge in [-0.2, -0.15) is 5.06 Å². The van der Waals surface area contributed by atoms with Gasteiger partial charge in [0.1, 0.15) is 0 Å². The highest BCUT2D eigenvalue weighted by Gasteiger charge is 2.26. The fraction of sp³-hybridized carbons (Fsp3) is 0.188. The maximum Gasteiger partial charge on any atom is 0.346 e. The van der Waals surface area contributed by atoms with Crippen LogP contribution < -0.4 is 10.4 Å². The van der Waals surface area contributed by atoms with Crippen LogP contribution in [-0.4, -0.2) is 11.2 Å². The molecule has 0 radical (unpaired) electrons. The number of hydrogen-bond donors (Lipinski definition) is 2. The van der Waals surface area contributed by atoms with Crippen LogP contribution in [-0.2, 0) is 5.54 Å². The molecule has 0 bridgehead atoms. The topological polar surface area (TPSA) is 52.6 Å². The Bertz CT molecular complexity index is 629. The van der Waals surface area contributed by atoms with E-state index >= 15 is 0 Å². The number of hydroxylamine groups is 1. The molecule has 5 heteroatoms. The summed E-state index contributed by atoms with van der Waals surface area (Å²) in [6, 6.07) is 15.2. The Kier molecular flexibility index (Phi) is 4.50. The third kappa shape index (κ3) is 3.74. The molecule has 2 amide bonds. The Labute approximate surface area is 128 Å². The van der Waals surface area contributed by atoms with E-state index in [2.05, 4.69) is 5.32 Å². The molecule has 2 aromatic rings. The van der Waals surface area contributed by atoms with Crippen LogP contribution in [0.15, 0.2) is 54.6 Å². The summed E-state index contributed by atoms with van der Waals surface area (Å²) in [5, 5.41) is 13.9. The van der Waals surface area contributed by atoms with E-state index in [1.165, 1.54) is 0 Å². The highest BCUT2D eigenvalue weighted by Crippen LogP contribution is 2.23. The van der Waals surface area contributed by atoms with E-state index in [-0.39, 0.29) is 0 Å². The van der Waals surface area contributed by atoms with Crippen molar-refractivity contribution >= 4 is 23.3 Å². The molecule has 2 aromatic carbocycles. The molecule has 0 spiro atoms. The number of nitrogens with zero attached hydrogens (tertiary/aromatic N) is 1. The third-order valence-electron chi connectivity index (χ3n) is 3.16. The van der Waals surface area contributed by atoms with Gasteiger partial charge in [0.15, 0.2) is 0 Å². The molecule has 0 heterocycles. The molecular weight excluding hydrogens is 288 g/mol. The standard InChI is InChI=1S/C16H17ClN2O2/c1-16(2,12-7-6-8-13(17)11-12)18-15(20)19(21)14-9-4-3-5-10-14/h3-11,21H,1-2H3,(H,18,20). The molecular formula is C16H17ClN2O2. The zero-order chi connectivity index (χ0) is 15.5. The van der Waals surface area contributed by atoms with Crippen molar-refractivity contribution in [2.45, 2.75) is 19.4 Å². The van der Waals surface area contributed by atoms with Crippen LogP contribution in [0.3, 0.4) is 0 Å². The maximum atomic E-state index is 12.1. The van der Waals surface area contributed by atoms with Crippen LogP contribution in [0, 0.1) is 0 Å². The number of carbonyl (C=O) groups excluding carboxylic acids is 1. The van der Waals surface area contributed by atoms with Crippen molar-refractivity contribution in [1.29, 1.82) is 0 Å². The number of carbonyl (C=O) groups is 1. The van der Waals surface area contributed by atoms with Crippen LogP contribution >= 0.6 is 11.6 Å². The lowest BCUT2D eigenvalue weighted by Gasteiger charge is -2.29. The van der Waals surface area contributed by atoms with Crippen molar-refractivity contribution in [1.82, 2.24) is 5.32 Å². The van der Waals surface area contributed by atoms with E-state index in [1.807, 2.05) is 32.0 Å². The van der Waals surface area contributed by atoms with Crippen molar-refractivity contribution < 1.29 is 10.0 Å². The van der Waals surface area contributed by atoms with Crippen molar-refractivity contribution in [2.75, 3.05) is 5.06 Å². The molecule has 0 unspecified atom stereocenters. The molecule has 0 fully saturated rings. The predicted molar refractivity (Wildman–Crippen MR) is 83.7 cm³/mol. The van der Waals surface area contributed by atoms with Crippen molar-refractivity contribution in [3.63, 3.8) is 0 Å².